The summed E-state index contributed by atoms with van der Waals surface area (Å²) in [5.74, 6) is 0. The van der Waals surface area contributed by atoms with Crippen molar-refractivity contribution in [2.75, 3.05) is 0 Å². The fraction of sp³-hybridized carbons (Fsp3) is 0.0667. The first kappa shape index (κ1) is 12.0. The summed E-state index contributed by atoms with van der Waals surface area (Å²) in [6, 6.07) is 15.8. The highest BCUT2D eigenvalue weighted by Crippen LogP contribution is 2.15. The summed E-state index contributed by atoms with van der Waals surface area (Å²) in [6.45, 7) is 2.07. The molecule has 0 fully saturated rings. The molecule has 2 aromatic rings. The Bertz CT molecular complexity index is 589. The molecule has 0 heterocycles. The molecule has 0 radical (unpaired) electrons. The molecule has 0 aliphatic heterocycles. The van der Waals surface area contributed by atoms with Gasteiger partial charge in [-0.1, -0.05) is 71.4 Å². The van der Waals surface area contributed by atoms with Crippen LogP contribution >= 0.6 is 0 Å². The summed E-state index contributed by atoms with van der Waals surface area (Å²) in [5, 5.41) is 3.53. The highest BCUT2D eigenvalue weighted by molar-refractivity contribution is 5.70. The highest BCUT2D eigenvalue weighted by Gasteiger charge is 1.90. The van der Waals surface area contributed by atoms with Gasteiger partial charge in [-0.3, -0.25) is 0 Å². The van der Waals surface area contributed by atoms with Gasteiger partial charge in [-0.05, 0) is 23.6 Å². The maximum atomic E-state index is 8.31. The van der Waals surface area contributed by atoms with Gasteiger partial charge in [-0.25, -0.2) is 0 Å². The molecule has 0 unspecified atom stereocenters. The zero-order valence-electron chi connectivity index (χ0n) is 10.1. The molecule has 0 amide bonds. The van der Waals surface area contributed by atoms with E-state index in [9.17, 15) is 0 Å². The summed E-state index contributed by atoms with van der Waals surface area (Å²) in [6.07, 6.45) is 4.09. The Hall–Kier alpha value is -2.51. The van der Waals surface area contributed by atoms with Gasteiger partial charge in [0.15, 0.2) is 0 Å². The number of hydrogen-bond donors (Lipinski definition) is 0. The molecule has 0 aliphatic rings. The summed E-state index contributed by atoms with van der Waals surface area (Å²) in [4.78, 5) is 2.74. The van der Waals surface area contributed by atoms with E-state index in [-0.39, 0.29) is 0 Å². The molecular weight excluding hydrogens is 222 g/mol. The lowest BCUT2D eigenvalue weighted by Gasteiger charge is -1.96. The highest BCUT2D eigenvalue weighted by atomic mass is 15.1. The van der Waals surface area contributed by atoms with Crippen LogP contribution in [0.15, 0.2) is 53.6 Å². The maximum Gasteiger partial charge on any atom is 0.0375 e. The van der Waals surface area contributed by atoms with Gasteiger partial charge in [0.2, 0.25) is 0 Å². The molecule has 0 aromatic heterocycles. The lowest BCUT2D eigenvalue weighted by Crippen LogP contribution is -1.74. The minimum absolute atomic E-state index is 0.630. The topological polar surface area (TPSA) is 48.8 Å². The Morgan fingerprint density at radius 2 is 1.39 bits per heavy atom. The van der Waals surface area contributed by atoms with Crippen LogP contribution in [0.3, 0.4) is 0 Å². The van der Waals surface area contributed by atoms with E-state index in [0.717, 1.165) is 5.56 Å². The molecule has 18 heavy (non-hydrogen) atoms. The molecule has 3 heteroatoms. The van der Waals surface area contributed by atoms with Crippen molar-refractivity contribution in [1.29, 1.82) is 0 Å². The molecular formula is C15H13N3. The predicted octanol–water partition coefficient (Wildman–Crippen LogP) is 5.11. The summed E-state index contributed by atoms with van der Waals surface area (Å²) >= 11 is 0. The zero-order valence-corrected chi connectivity index (χ0v) is 10.1. The van der Waals surface area contributed by atoms with E-state index in [4.69, 9.17) is 5.53 Å². The van der Waals surface area contributed by atoms with Gasteiger partial charge in [-0.2, -0.15) is 0 Å². The van der Waals surface area contributed by atoms with Crippen LogP contribution in [0.4, 0.5) is 5.69 Å². The summed E-state index contributed by atoms with van der Waals surface area (Å²) in [5.41, 5.74) is 12.4. The second kappa shape index (κ2) is 5.71. The first-order valence-electron chi connectivity index (χ1n) is 5.68. The normalized spacial score (nSPS) is 10.3. The van der Waals surface area contributed by atoms with Crippen LogP contribution in [0.25, 0.3) is 22.6 Å². The summed E-state index contributed by atoms with van der Waals surface area (Å²) in [7, 11) is 0. The third-order valence-electron chi connectivity index (χ3n) is 2.60. The van der Waals surface area contributed by atoms with Gasteiger partial charge in [0, 0.05) is 10.6 Å². The molecule has 0 saturated heterocycles. The Morgan fingerprint density at radius 1 is 0.889 bits per heavy atom. The van der Waals surface area contributed by atoms with Crippen molar-refractivity contribution in [3.05, 3.63) is 75.7 Å². The fourth-order valence-corrected chi connectivity index (χ4v) is 1.57. The van der Waals surface area contributed by atoms with E-state index in [1.807, 2.05) is 18.2 Å². The monoisotopic (exact) mass is 235 g/mol. The molecule has 0 N–H and O–H groups in total. The quantitative estimate of drug-likeness (QED) is 0.307. The van der Waals surface area contributed by atoms with Gasteiger partial charge in [-0.15, -0.1) is 0 Å². The lowest BCUT2D eigenvalue weighted by molar-refractivity contribution is 1.46. The van der Waals surface area contributed by atoms with Crippen LogP contribution in [-0.2, 0) is 0 Å². The van der Waals surface area contributed by atoms with Gasteiger partial charge in [0.25, 0.3) is 0 Å². The molecule has 0 spiro atoms. The Labute approximate surface area is 106 Å². The third kappa shape index (κ3) is 3.24. The average molecular weight is 235 g/mol. The van der Waals surface area contributed by atoms with Crippen molar-refractivity contribution in [1.82, 2.24) is 0 Å². The van der Waals surface area contributed by atoms with Crippen molar-refractivity contribution in [3.63, 3.8) is 0 Å². The lowest BCUT2D eigenvalue weighted by atomic mass is 10.1. The Morgan fingerprint density at radius 3 is 1.89 bits per heavy atom. The van der Waals surface area contributed by atoms with E-state index in [1.54, 1.807) is 12.1 Å². The van der Waals surface area contributed by atoms with E-state index >= 15 is 0 Å². The van der Waals surface area contributed by atoms with Crippen LogP contribution in [-0.4, -0.2) is 0 Å². The standard InChI is InChI=1S/C15H13N3/c1-12-2-4-13(5-3-12)6-7-14-8-10-15(11-9-14)17-18-16/h2-11H,1H3/b7-6+. The number of nitrogens with zero attached hydrogens (tertiary/aromatic N) is 3. The number of aryl methyl sites for hydroxylation is 1. The van der Waals surface area contributed by atoms with Crippen molar-refractivity contribution >= 4 is 17.8 Å². The minimum atomic E-state index is 0.630. The van der Waals surface area contributed by atoms with E-state index in [2.05, 4.69) is 47.3 Å². The molecule has 3 nitrogen and oxygen atoms in total. The molecule has 0 aliphatic carbocycles. The van der Waals surface area contributed by atoms with Crippen LogP contribution in [0, 0.1) is 6.92 Å². The van der Waals surface area contributed by atoms with Crippen molar-refractivity contribution < 1.29 is 0 Å². The minimum Gasteiger partial charge on any atom is -0.0608 e. The van der Waals surface area contributed by atoms with Gasteiger partial charge in [0.1, 0.15) is 0 Å². The molecule has 0 bridgehead atoms. The Kier molecular flexibility index (Phi) is 3.79. The SMILES string of the molecule is Cc1ccc(/C=C/c2ccc(N=[N+]=[N-])cc2)cc1. The van der Waals surface area contributed by atoms with E-state index < -0.39 is 0 Å². The smallest absolute Gasteiger partial charge is 0.0375 e. The number of rotatable bonds is 3. The summed E-state index contributed by atoms with van der Waals surface area (Å²) < 4.78 is 0. The molecule has 0 saturated carbocycles. The Balaban J connectivity index is 2.13. The first-order chi connectivity index (χ1) is 8.78. The van der Waals surface area contributed by atoms with Crippen molar-refractivity contribution in [2.24, 2.45) is 5.11 Å². The van der Waals surface area contributed by atoms with Crippen molar-refractivity contribution in [3.8, 4) is 0 Å². The average Bonchev–Trinajstić information content (AvgIpc) is 2.40. The van der Waals surface area contributed by atoms with Gasteiger partial charge in [0.05, 0.1) is 0 Å². The number of benzene rings is 2. The van der Waals surface area contributed by atoms with Crippen LogP contribution in [0.5, 0.6) is 0 Å². The van der Waals surface area contributed by atoms with Crippen molar-refractivity contribution in [2.45, 2.75) is 6.92 Å². The number of hydrogen-bond acceptors (Lipinski definition) is 1. The van der Waals surface area contributed by atoms with Gasteiger partial charge < -0.3 is 0 Å². The largest absolute Gasteiger partial charge is 0.0608 e. The second-order valence-corrected chi connectivity index (χ2v) is 4.02. The van der Waals surface area contributed by atoms with E-state index in [1.165, 1.54) is 11.1 Å². The maximum absolute atomic E-state index is 8.31. The molecule has 0 atom stereocenters. The second-order valence-electron chi connectivity index (χ2n) is 4.02. The van der Waals surface area contributed by atoms with Crippen LogP contribution < -0.4 is 0 Å². The molecule has 2 rings (SSSR count). The third-order valence-corrected chi connectivity index (χ3v) is 2.60. The van der Waals surface area contributed by atoms with Crippen LogP contribution in [0.1, 0.15) is 16.7 Å². The van der Waals surface area contributed by atoms with Gasteiger partial charge >= 0.3 is 0 Å². The van der Waals surface area contributed by atoms with Crippen LogP contribution in [0.2, 0.25) is 0 Å². The zero-order chi connectivity index (χ0) is 12.8. The fourth-order valence-electron chi connectivity index (χ4n) is 1.57. The first-order valence-corrected chi connectivity index (χ1v) is 5.68. The molecule has 2 aromatic carbocycles. The predicted molar refractivity (Wildman–Crippen MR) is 75.4 cm³/mol. The number of azide groups is 1. The van der Waals surface area contributed by atoms with E-state index in [0.29, 0.717) is 5.69 Å². The molecule has 88 valence electrons.